The molecule has 25 heavy (non-hydrogen) atoms. The lowest BCUT2D eigenvalue weighted by Gasteiger charge is -2.33. The fourth-order valence-electron chi connectivity index (χ4n) is 3.17. The first kappa shape index (κ1) is 17.6. The molecule has 0 saturated carbocycles. The lowest BCUT2D eigenvalue weighted by Crippen LogP contribution is -2.48. The summed E-state index contributed by atoms with van der Waals surface area (Å²) >= 11 is 0. The van der Waals surface area contributed by atoms with Crippen molar-refractivity contribution in [1.82, 2.24) is 19.6 Å². The van der Waals surface area contributed by atoms with Crippen molar-refractivity contribution in [1.29, 1.82) is 0 Å². The Morgan fingerprint density at radius 3 is 2.52 bits per heavy atom. The predicted molar refractivity (Wildman–Crippen MR) is 99.7 cm³/mol. The number of piperazine rings is 1. The second-order valence-electron chi connectivity index (χ2n) is 6.55. The van der Waals surface area contributed by atoms with Crippen molar-refractivity contribution in [2.24, 2.45) is 0 Å². The van der Waals surface area contributed by atoms with E-state index in [0.29, 0.717) is 6.54 Å². The zero-order valence-electron chi connectivity index (χ0n) is 15.1. The lowest BCUT2D eigenvalue weighted by atomic mass is 10.1. The predicted octanol–water partition coefficient (Wildman–Crippen LogP) is 2.07. The number of hydrogen-bond acceptors (Lipinski definition) is 4. The van der Waals surface area contributed by atoms with E-state index in [-0.39, 0.29) is 11.9 Å². The van der Waals surface area contributed by atoms with Gasteiger partial charge in [0.05, 0.1) is 24.5 Å². The molecule has 0 spiro atoms. The van der Waals surface area contributed by atoms with Gasteiger partial charge in [0.15, 0.2) is 0 Å². The summed E-state index contributed by atoms with van der Waals surface area (Å²) in [6.07, 6.45) is 3.61. The number of rotatable bonds is 6. The minimum Gasteiger partial charge on any atom is -0.322 e. The molecule has 2 heterocycles. The summed E-state index contributed by atoms with van der Waals surface area (Å²) in [6.45, 7) is 9.77. The number of nitrogens with one attached hydrogen (secondary N) is 1. The van der Waals surface area contributed by atoms with Crippen molar-refractivity contribution >= 4 is 11.6 Å². The molecule has 2 aromatic rings. The second kappa shape index (κ2) is 8.27. The van der Waals surface area contributed by atoms with Gasteiger partial charge in [0.2, 0.25) is 5.91 Å². The number of amides is 1. The molecule has 0 bridgehead atoms. The Hall–Kier alpha value is -2.18. The summed E-state index contributed by atoms with van der Waals surface area (Å²) < 4.78 is 1.88. The smallest absolute Gasteiger partial charge is 0.238 e. The van der Waals surface area contributed by atoms with Crippen molar-refractivity contribution < 1.29 is 4.79 Å². The molecule has 0 radical (unpaired) electrons. The van der Waals surface area contributed by atoms with E-state index >= 15 is 0 Å². The zero-order valence-corrected chi connectivity index (χ0v) is 15.1. The van der Waals surface area contributed by atoms with Crippen LogP contribution in [0.1, 0.15) is 25.5 Å². The molecule has 1 saturated heterocycles. The van der Waals surface area contributed by atoms with Gasteiger partial charge in [-0.3, -0.25) is 14.4 Å². The van der Waals surface area contributed by atoms with Gasteiger partial charge >= 0.3 is 0 Å². The molecule has 1 N–H and O–H groups in total. The van der Waals surface area contributed by atoms with E-state index in [2.05, 4.69) is 46.2 Å². The van der Waals surface area contributed by atoms with E-state index in [4.69, 9.17) is 0 Å². The van der Waals surface area contributed by atoms with Gasteiger partial charge in [-0.25, -0.2) is 0 Å². The highest BCUT2D eigenvalue weighted by Crippen LogP contribution is 2.18. The maximum Gasteiger partial charge on any atom is 0.238 e. The van der Waals surface area contributed by atoms with Gasteiger partial charge in [0.25, 0.3) is 0 Å². The van der Waals surface area contributed by atoms with Gasteiger partial charge in [-0.15, -0.1) is 0 Å². The number of likely N-dealkylation sites (N-methyl/N-ethyl adjacent to an activating group) is 1. The summed E-state index contributed by atoms with van der Waals surface area (Å²) in [7, 11) is 0. The molecule has 6 nitrogen and oxygen atoms in total. The highest BCUT2D eigenvalue weighted by atomic mass is 16.2. The molecule has 1 fully saturated rings. The summed E-state index contributed by atoms with van der Waals surface area (Å²) in [5.74, 6) is 0.0249. The van der Waals surface area contributed by atoms with E-state index in [1.807, 2.05) is 29.1 Å². The normalized spacial score (nSPS) is 17.4. The van der Waals surface area contributed by atoms with Crippen LogP contribution in [0.2, 0.25) is 0 Å². The van der Waals surface area contributed by atoms with Crippen molar-refractivity contribution in [2.45, 2.75) is 19.9 Å². The fourth-order valence-corrected chi connectivity index (χ4v) is 3.17. The van der Waals surface area contributed by atoms with Gasteiger partial charge in [-0.1, -0.05) is 37.3 Å². The fraction of sp³-hybridized carbons (Fsp3) is 0.474. The van der Waals surface area contributed by atoms with E-state index in [0.717, 1.165) is 38.4 Å². The SMILES string of the molecule is CCN1CCN(CC(=O)Nc2cnn(C(C)c3ccccc3)c2)CC1. The summed E-state index contributed by atoms with van der Waals surface area (Å²) in [5.41, 5.74) is 1.94. The quantitative estimate of drug-likeness (QED) is 0.874. The number of carbonyl (C=O) groups excluding carboxylic acids is 1. The Labute approximate surface area is 149 Å². The number of anilines is 1. The third-order valence-electron chi connectivity index (χ3n) is 4.84. The van der Waals surface area contributed by atoms with Crippen LogP contribution >= 0.6 is 0 Å². The molecular weight excluding hydrogens is 314 g/mol. The summed E-state index contributed by atoms with van der Waals surface area (Å²) in [5, 5.41) is 7.36. The summed E-state index contributed by atoms with van der Waals surface area (Å²) in [6, 6.07) is 10.4. The van der Waals surface area contributed by atoms with E-state index in [1.165, 1.54) is 5.56 Å². The van der Waals surface area contributed by atoms with Gasteiger partial charge in [-0.05, 0) is 19.0 Å². The van der Waals surface area contributed by atoms with Gasteiger partial charge < -0.3 is 10.2 Å². The first-order valence-electron chi connectivity index (χ1n) is 8.99. The maximum absolute atomic E-state index is 12.3. The monoisotopic (exact) mass is 341 g/mol. The van der Waals surface area contributed by atoms with Crippen LogP contribution in [0.15, 0.2) is 42.7 Å². The van der Waals surface area contributed by atoms with E-state index < -0.39 is 0 Å². The molecule has 1 atom stereocenters. The highest BCUT2D eigenvalue weighted by molar-refractivity contribution is 5.91. The molecule has 1 unspecified atom stereocenters. The topological polar surface area (TPSA) is 53.4 Å². The lowest BCUT2D eigenvalue weighted by molar-refractivity contribution is -0.117. The molecule has 1 aromatic carbocycles. The molecule has 1 aromatic heterocycles. The van der Waals surface area contributed by atoms with Crippen LogP contribution in [-0.4, -0.2) is 64.8 Å². The van der Waals surface area contributed by atoms with E-state index in [9.17, 15) is 4.79 Å². The van der Waals surface area contributed by atoms with Crippen LogP contribution in [0.25, 0.3) is 0 Å². The van der Waals surface area contributed by atoms with Crippen molar-refractivity contribution in [3.63, 3.8) is 0 Å². The van der Waals surface area contributed by atoms with Crippen LogP contribution in [0, 0.1) is 0 Å². The molecule has 1 aliphatic rings. The van der Waals surface area contributed by atoms with Crippen LogP contribution in [0.5, 0.6) is 0 Å². The Morgan fingerprint density at radius 1 is 1.16 bits per heavy atom. The minimum atomic E-state index is 0.0249. The number of nitrogens with zero attached hydrogens (tertiary/aromatic N) is 4. The third kappa shape index (κ3) is 4.67. The average Bonchev–Trinajstić information content (AvgIpc) is 3.10. The van der Waals surface area contributed by atoms with Crippen molar-refractivity contribution in [3.8, 4) is 0 Å². The Morgan fingerprint density at radius 2 is 1.84 bits per heavy atom. The van der Waals surface area contributed by atoms with Gasteiger partial charge in [-0.2, -0.15) is 5.10 Å². The molecule has 3 rings (SSSR count). The van der Waals surface area contributed by atoms with Crippen LogP contribution in [-0.2, 0) is 4.79 Å². The van der Waals surface area contributed by atoms with Crippen molar-refractivity contribution in [2.75, 3.05) is 44.6 Å². The largest absolute Gasteiger partial charge is 0.322 e. The standard InChI is InChI=1S/C19H27N5O/c1-3-22-9-11-23(12-10-22)15-19(25)21-18-13-20-24(14-18)16(2)17-7-5-4-6-8-17/h4-8,13-14,16H,3,9-12,15H2,1-2H3,(H,21,25). The van der Waals surface area contributed by atoms with Crippen LogP contribution in [0.4, 0.5) is 5.69 Å². The average molecular weight is 341 g/mol. The Bertz CT molecular complexity index is 676. The Balaban J connectivity index is 1.52. The number of carbonyl (C=O) groups is 1. The van der Waals surface area contributed by atoms with E-state index in [1.54, 1.807) is 6.20 Å². The van der Waals surface area contributed by atoms with Crippen LogP contribution in [0.3, 0.4) is 0 Å². The first-order chi connectivity index (χ1) is 12.2. The number of benzene rings is 1. The molecule has 1 aliphatic heterocycles. The third-order valence-corrected chi connectivity index (χ3v) is 4.84. The second-order valence-corrected chi connectivity index (χ2v) is 6.55. The Kier molecular flexibility index (Phi) is 5.83. The molecule has 6 heteroatoms. The number of hydrogen-bond donors (Lipinski definition) is 1. The van der Waals surface area contributed by atoms with Crippen LogP contribution < -0.4 is 5.32 Å². The van der Waals surface area contributed by atoms with Crippen molar-refractivity contribution in [3.05, 3.63) is 48.3 Å². The molecule has 1 amide bonds. The summed E-state index contributed by atoms with van der Waals surface area (Å²) in [4.78, 5) is 16.9. The molecule has 0 aliphatic carbocycles. The zero-order chi connectivity index (χ0) is 17.6. The highest BCUT2D eigenvalue weighted by Gasteiger charge is 2.18. The minimum absolute atomic E-state index is 0.0249. The maximum atomic E-state index is 12.3. The molecule has 134 valence electrons. The molecular formula is C19H27N5O. The first-order valence-corrected chi connectivity index (χ1v) is 8.99. The van der Waals surface area contributed by atoms with Gasteiger partial charge in [0, 0.05) is 32.4 Å². The van der Waals surface area contributed by atoms with Gasteiger partial charge in [0.1, 0.15) is 0 Å². The number of aromatic nitrogens is 2.